The molecule has 1 aromatic carbocycles. The lowest BCUT2D eigenvalue weighted by Crippen LogP contribution is -2.37. The van der Waals surface area contributed by atoms with Gasteiger partial charge in [-0.15, -0.1) is 0 Å². The second-order valence-corrected chi connectivity index (χ2v) is 7.74. The number of fused-ring (bicyclic) bond motifs is 1. The monoisotopic (exact) mass is 461 g/mol. The van der Waals surface area contributed by atoms with Crippen LogP contribution in [0.5, 0.6) is 0 Å². The van der Waals surface area contributed by atoms with Crippen LogP contribution in [0.4, 0.5) is 15.0 Å². The van der Waals surface area contributed by atoms with E-state index < -0.39 is 12.1 Å². The van der Waals surface area contributed by atoms with E-state index in [4.69, 9.17) is 11.5 Å². The lowest BCUT2D eigenvalue weighted by molar-refractivity contribution is -0.117. The van der Waals surface area contributed by atoms with Gasteiger partial charge in [-0.05, 0) is 72.5 Å². The van der Waals surface area contributed by atoms with Gasteiger partial charge in [-0.2, -0.15) is 0 Å². The third kappa shape index (κ3) is 5.18. The van der Waals surface area contributed by atoms with E-state index in [1.807, 2.05) is 18.2 Å². The molecule has 174 valence electrons. The van der Waals surface area contributed by atoms with E-state index in [1.54, 1.807) is 30.6 Å². The Kier molecular flexibility index (Phi) is 6.79. The molecular formula is C24H24FN7O2. The molecule has 34 heavy (non-hydrogen) atoms. The van der Waals surface area contributed by atoms with Gasteiger partial charge in [-0.3, -0.25) is 9.78 Å². The summed E-state index contributed by atoms with van der Waals surface area (Å²) in [5.74, 6) is -0.364. The van der Waals surface area contributed by atoms with Crippen LogP contribution in [0.3, 0.4) is 0 Å². The minimum absolute atomic E-state index is 0.324. The van der Waals surface area contributed by atoms with Crippen LogP contribution in [-0.2, 0) is 4.79 Å². The highest BCUT2D eigenvalue weighted by Gasteiger charge is 2.18. The first kappa shape index (κ1) is 22.9. The number of aromatic amines is 1. The molecule has 4 aromatic rings. The second kappa shape index (κ2) is 10.1. The zero-order valence-corrected chi connectivity index (χ0v) is 18.2. The van der Waals surface area contributed by atoms with Crippen molar-refractivity contribution in [2.75, 3.05) is 11.9 Å². The van der Waals surface area contributed by atoms with Crippen LogP contribution in [0.2, 0.25) is 0 Å². The van der Waals surface area contributed by atoms with Crippen molar-refractivity contribution < 1.29 is 14.0 Å². The fraction of sp³-hybridized carbons (Fsp3) is 0.167. The maximum atomic E-state index is 13.5. The fourth-order valence-electron chi connectivity index (χ4n) is 3.68. The van der Waals surface area contributed by atoms with Gasteiger partial charge in [0.25, 0.3) is 0 Å². The Morgan fingerprint density at radius 3 is 2.47 bits per heavy atom. The molecule has 7 N–H and O–H groups in total. The van der Waals surface area contributed by atoms with Crippen molar-refractivity contribution in [3.8, 4) is 22.4 Å². The van der Waals surface area contributed by atoms with Gasteiger partial charge in [-0.1, -0.05) is 0 Å². The highest BCUT2D eigenvalue weighted by molar-refractivity contribution is 6.03. The Morgan fingerprint density at radius 2 is 1.76 bits per heavy atom. The molecule has 0 unspecified atom stereocenters. The number of carbonyl (C=O) groups is 2. The van der Waals surface area contributed by atoms with E-state index in [2.05, 4.69) is 25.6 Å². The standard InChI is InChI=1S/C24H24FN7O2/c25-16-5-3-15(4-6-16)21-20(14-9-12-28-13-10-14)17-7-8-19(30-22(17)32-21)31-23(33)18(26)2-1-11-29-24(27)34/h3-10,12-13,18H,1-2,11,26H2,(H3,27,29,34)(H2,30,31,32,33)/t18-/m0/s1. The zero-order chi connectivity index (χ0) is 24.1. The Bertz CT molecular complexity index is 1310. The third-order valence-electron chi connectivity index (χ3n) is 5.34. The van der Waals surface area contributed by atoms with Crippen LogP contribution in [0.1, 0.15) is 12.8 Å². The van der Waals surface area contributed by atoms with E-state index in [0.29, 0.717) is 30.9 Å². The topological polar surface area (TPSA) is 152 Å². The molecule has 3 amide bonds. The maximum absolute atomic E-state index is 13.5. The molecule has 0 fully saturated rings. The highest BCUT2D eigenvalue weighted by Crippen LogP contribution is 2.38. The Balaban J connectivity index is 1.61. The molecule has 3 heterocycles. The van der Waals surface area contributed by atoms with Crippen molar-refractivity contribution in [1.82, 2.24) is 20.3 Å². The summed E-state index contributed by atoms with van der Waals surface area (Å²) in [7, 11) is 0. The number of benzene rings is 1. The summed E-state index contributed by atoms with van der Waals surface area (Å²) in [5, 5.41) is 6.03. The number of pyridine rings is 2. The number of halogens is 1. The molecule has 0 aliphatic heterocycles. The van der Waals surface area contributed by atoms with Crippen molar-refractivity contribution in [2.24, 2.45) is 11.5 Å². The predicted octanol–water partition coefficient (Wildman–Crippen LogP) is 3.15. The summed E-state index contributed by atoms with van der Waals surface area (Å²) < 4.78 is 13.5. The van der Waals surface area contributed by atoms with E-state index in [1.165, 1.54) is 12.1 Å². The van der Waals surface area contributed by atoms with E-state index >= 15 is 0 Å². The fourth-order valence-corrected chi connectivity index (χ4v) is 3.68. The van der Waals surface area contributed by atoms with Crippen LogP contribution in [0.25, 0.3) is 33.4 Å². The number of H-pyrrole nitrogens is 1. The third-order valence-corrected chi connectivity index (χ3v) is 5.34. The molecular weight excluding hydrogens is 437 g/mol. The molecule has 3 aromatic heterocycles. The summed E-state index contributed by atoms with van der Waals surface area (Å²) in [6.45, 7) is 0.340. The molecule has 9 nitrogen and oxygen atoms in total. The van der Waals surface area contributed by atoms with Crippen LogP contribution in [0.15, 0.2) is 60.9 Å². The smallest absolute Gasteiger partial charge is 0.312 e. The van der Waals surface area contributed by atoms with Crippen molar-refractivity contribution in [1.29, 1.82) is 0 Å². The Hall–Kier alpha value is -4.31. The number of hydrogen-bond acceptors (Lipinski definition) is 5. The van der Waals surface area contributed by atoms with Crippen molar-refractivity contribution in [3.63, 3.8) is 0 Å². The van der Waals surface area contributed by atoms with Gasteiger partial charge < -0.3 is 27.1 Å². The zero-order valence-electron chi connectivity index (χ0n) is 18.2. The molecule has 0 bridgehead atoms. The first-order chi connectivity index (χ1) is 16.4. The summed E-state index contributed by atoms with van der Waals surface area (Å²) in [4.78, 5) is 35.2. The van der Waals surface area contributed by atoms with Gasteiger partial charge in [0.15, 0.2) is 0 Å². The second-order valence-electron chi connectivity index (χ2n) is 7.74. The normalized spacial score (nSPS) is 11.8. The number of urea groups is 1. The highest BCUT2D eigenvalue weighted by atomic mass is 19.1. The molecule has 0 aliphatic rings. The Labute approximate surface area is 194 Å². The van der Waals surface area contributed by atoms with E-state index in [0.717, 1.165) is 27.8 Å². The average molecular weight is 462 g/mol. The minimum Gasteiger partial charge on any atom is -0.352 e. The molecule has 0 saturated heterocycles. The molecule has 0 radical (unpaired) electrons. The van der Waals surface area contributed by atoms with Crippen molar-refractivity contribution in [3.05, 3.63) is 66.7 Å². The number of carbonyl (C=O) groups excluding carboxylic acids is 2. The molecule has 4 rings (SSSR count). The number of nitrogens with two attached hydrogens (primary N) is 2. The summed E-state index contributed by atoms with van der Waals surface area (Å²) in [5.41, 5.74) is 14.9. The number of hydrogen-bond donors (Lipinski definition) is 5. The van der Waals surface area contributed by atoms with Crippen LogP contribution >= 0.6 is 0 Å². The quantitative estimate of drug-likeness (QED) is 0.255. The van der Waals surface area contributed by atoms with Crippen LogP contribution in [0, 0.1) is 5.82 Å². The van der Waals surface area contributed by atoms with Crippen LogP contribution in [-0.4, -0.2) is 39.5 Å². The van der Waals surface area contributed by atoms with Gasteiger partial charge >= 0.3 is 6.03 Å². The van der Waals surface area contributed by atoms with E-state index in [9.17, 15) is 14.0 Å². The molecule has 1 atom stereocenters. The number of nitrogens with zero attached hydrogens (tertiary/aromatic N) is 2. The molecule has 0 aliphatic carbocycles. The molecule has 0 spiro atoms. The van der Waals surface area contributed by atoms with E-state index in [-0.39, 0.29) is 11.7 Å². The summed E-state index contributed by atoms with van der Waals surface area (Å²) in [6.07, 6.45) is 4.28. The van der Waals surface area contributed by atoms with Gasteiger partial charge in [-0.25, -0.2) is 14.2 Å². The average Bonchev–Trinajstić information content (AvgIpc) is 3.21. The SMILES string of the molecule is NC(=O)NCCC[C@H](N)C(=O)Nc1ccc2c(-c3ccncc3)c(-c3ccc(F)cc3)[nH]c2n1. The summed E-state index contributed by atoms with van der Waals surface area (Å²) >= 11 is 0. The number of anilines is 1. The number of rotatable bonds is 8. The molecule has 0 saturated carbocycles. The van der Waals surface area contributed by atoms with Gasteiger partial charge in [0.2, 0.25) is 5.91 Å². The van der Waals surface area contributed by atoms with Gasteiger partial charge in [0.05, 0.1) is 11.7 Å². The first-order valence-electron chi connectivity index (χ1n) is 10.7. The number of aromatic nitrogens is 3. The lowest BCUT2D eigenvalue weighted by atomic mass is 10.00. The Morgan fingerprint density at radius 1 is 1.03 bits per heavy atom. The summed E-state index contributed by atoms with van der Waals surface area (Å²) in [6, 6.07) is 12.1. The number of nitrogens with one attached hydrogen (secondary N) is 3. The minimum atomic E-state index is -0.766. The van der Waals surface area contributed by atoms with Gasteiger partial charge in [0, 0.05) is 29.9 Å². The number of amides is 3. The lowest BCUT2D eigenvalue weighted by Gasteiger charge is -2.12. The largest absolute Gasteiger partial charge is 0.352 e. The number of primary amides is 1. The maximum Gasteiger partial charge on any atom is 0.312 e. The predicted molar refractivity (Wildman–Crippen MR) is 128 cm³/mol. The van der Waals surface area contributed by atoms with Crippen molar-refractivity contribution >= 4 is 28.8 Å². The van der Waals surface area contributed by atoms with Gasteiger partial charge in [0.1, 0.15) is 17.3 Å². The first-order valence-corrected chi connectivity index (χ1v) is 10.7. The van der Waals surface area contributed by atoms with Crippen LogP contribution < -0.4 is 22.1 Å². The van der Waals surface area contributed by atoms with Crippen molar-refractivity contribution in [2.45, 2.75) is 18.9 Å². The molecule has 10 heteroatoms.